The molecular weight excluding hydrogens is 236 g/mol. The predicted octanol–water partition coefficient (Wildman–Crippen LogP) is 2.86. The third-order valence-corrected chi connectivity index (χ3v) is 4.91. The van der Waals surface area contributed by atoms with Gasteiger partial charge >= 0.3 is 0 Å². The molecule has 0 saturated heterocycles. The van der Waals surface area contributed by atoms with Gasteiger partial charge in [-0.05, 0) is 17.4 Å². The van der Waals surface area contributed by atoms with E-state index in [1.54, 1.807) is 0 Å². The molecule has 1 saturated carbocycles. The Morgan fingerprint density at radius 3 is 2.84 bits per heavy atom. The molecule has 1 N–H and O–H groups in total. The maximum absolute atomic E-state index is 10.3. The van der Waals surface area contributed by atoms with E-state index >= 15 is 0 Å². The van der Waals surface area contributed by atoms with E-state index in [4.69, 9.17) is 0 Å². The summed E-state index contributed by atoms with van der Waals surface area (Å²) in [6, 6.07) is 8.73. The minimum Gasteiger partial charge on any atom is -0.393 e. The molecule has 1 aromatic heterocycles. The average molecular weight is 254 g/mol. The molecule has 0 radical (unpaired) electrons. The van der Waals surface area contributed by atoms with Crippen LogP contribution in [0.4, 0.5) is 0 Å². The van der Waals surface area contributed by atoms with Crippen molar-refractivity contribution >= 4 is 0 Å². The van der Waals surface area contributed by atoms with Crippen molar-refractivity contribution in [2.24, 2.45) is 11.3 Å². The van der Waals surface area contributed by atoms with E-state index in [1.165, 1.54) is 16.8 Å². The summed E-state index contributed by atoms with van der Waals surface area (Å²) in [5, 5.41) is 10.3. The van der Waals surface area contributed by atoms with Crippen LogP contribution in [0.3, 0.4) is 0 Å². The molecule has 4 rings (SSSR count). The lowest BCUT2D eigenvalue weighted by atomic mass is 9.57. The Bertz CT molecular complexity index is 644. The van der Waals surface area contributed by atoms with Crippen molar-refractivity contribution < 1.29 is 5.11 Å². The Balaban J connectivity index is 1.90. The summed E-state index contributed by atoms with van der Waals surface area (Å²) in [5.74, 6) is 0.268. The van der Waals surface area contributed by atoms with E-state index in [0.717, 1.165) is 6.42 Å². The van der Waals surface area contributed by atoms with Crippen molar-refractivity contribution in [1.29, 1.82) is 0 Å². The van der Waals surface area contributed by atoms with E-state index in [1.807, 2.05) is 12.5 Å². The first-order valence-corrected chi connectivity index (χ1v) is 6.89. The molecule has 0 amide bonds. The quantitative estimate of drug-likeness (QED) is 0.849. The number of benzene rings is 1. The fraction of sp³-hybridized carbons (Fsp3) is 0.438. The first-order chi connectivity index (χ1) is 9.09. The number of hydrogen-bond donors (Lipinski definition) is 1. The molecule has 1 aliphatic heterocycles. The summed E-state index contributed by atoms with van der Waals surface area (Å²) in [7, 11) is 0. The zero-order chi connectivity index (χ0) is 13.2. The largest absolute Gasteiger partial charge is 0.393 e. The summed E-state index contributed by atoms with van der Waals surface area (Å²) in [4.78, 5) is 4.29. The zero-order valence-corrected chi connectivity index (χ0v) is 11.2. The molecule has 19 heavy (non-hydrogen) atoms. The van der Waals surface area contributed by atoms with Crippen LogP contribution in [0, 0.1) is 11.3 Å². The van der Waals surface area contributed by atoms with E-state index in [2.05, 4.69) is 47.7 Å². The Morgan fingerprint density at radius 2 is 2.11 bits per heavy atom. The highest BCUT2D eigenvalue weighted by molar-refractivity contribution is 5.69. The molecule has 2 heterocycles. The molecule has 3 nitrogen and oxygen atoms in total. The van der Waals surface area contributed by atoms with Crippen LogP contribution in [0.1, 0.15) is 31.9 Å². The van der Waals surface area contributed by atoms with E-state index in [9.17, 15) is 5.11 Å². The lowest BCUT2D eigenvalue weighted by Crippen LogP contribution is -2.51. The van der Waals surface area contributed by atoms with Crippen molar-refractivity contribution in [2.45, 2.75) is 32.4 Å². The van der Waals surface area contributed by atoms with Crippen LogP contribution in [0.15, 0.2) is 36.8 Å². The molecule has 2 aliphatic rings. The third kappa shape index (κ3) is 1.34. The first-order valence-electron chi connectivity index (χ1n) is 6.89. The van der Waals surface area contributed by atoms with Crippen LogP contribution in [0.5, 0.6) is 0 Å². The number of imidazole rings is 1. The highest BCUT2D eigenvalue weighted by Crippen LogP contribution is 2.56. The molecule has 0 bridgehead atoms. The summed E-state index contributed by atoms with van der Waals surface area (Å²) in [6.45, 7) is 4.50. The van der Waals surface area contributed by atoms with Crippen LogP contribution >= 0.6 is 0 Å². The number of rotatable bonds is 1. The van der Waals surface area contributed by atoms with Crippen LogP contribution in [0.25, 0.3) is 11.3 Å². The molecule has 0 spiro atoms. The molecule has 1 fully saturated rings. The lowest BCUT2D eigenvalue weighted by molar-refractivity contribution is -0.103. The van der Waals surface area contributed by atoms with E-state index < -0.39 is 0 Å². The molecule has 3 heteroatoms. The normalized spacial score (nSPS) is 30.6. The number of aliphatic hydroxyl groups excluding tert-OH is 1. The Hall–Kier alpha value is -1.61. The second-order valence-corrected chi connectivity index (χ2v) is 6.50. The van der Waals surface area contributed by atoms with Gasteiger partial charge in [-0.3, -0.25) is 0 Å². The fourth-order valence-electron chi connectivity index (χ4n) is 4.04. The molecule has 1 aliphatic carbocycles. The Labute approximate surface area is 112 Å². The maximum Gasteiger partial charge on any atom is 0.0956 e. The molecule has 3 atom stereocenters. The molecule has 1 unspecified atom stereocenters. The number of aromatic nitrogens is 2. The SMILES string of the molecule is CC1(C)C[C@@H](O)C1[C@@H]1c2ccccc2-c2cncn21. The van der Waals surface area contributed by atoms with Gasteiger partial charge in [-0.2, -0.15) is 0 Å². The maximum atomic E-state index is 10.3. The Kier molecular flexibility index (Phi) is 2.06. The average Bonchev–Trinajstić information content (AvgIpc) is 2.92. The van der Waals surface area contributed by atoms with Gasteiger partial charge in [-0.1, -0.05) is 38.1 Å². The minimum absolute atomic E-state index is 0.184. The topological polar surface area (TPSA) is 38.1 Å². The fourth-order valence-corrected chi connectivity index (χ4v) is 4.04. The monoisotopic (exact) mass is 254 g/mol. The van der Waals surface area contributed by atoms with Crippen LogP contribution in [-0.2, 0) is 0 Å². The highest BCUT2D eigenvalue weighted by atomic mass is 16.3. The summed E-state index contributed by atoms with van der Waals surface area (Å²) in [5.41, 5.74) is 3.95. The van der Waals surface area contributed by atoms with Gasteiger partial charge in [-0.15, -0.1) is 0 Å². The van der Waals surface area contributed by atoms with Gasteiger partial charge < -0.3 is 9.67 Å². The second-order valence-electron chi connectivity index (χ2n) is 6.50. The molecule has 2 aromatic rings. The number of nitrogens with zero attached hydrogens (tertiary/aromatic N) is 2. The smallest absolute Gasteiger partial charge is 0.0956 e. The van der Waals surface area contributed by atoms with Crippen molar-refractivity contribution in [3.8, 4) is 11.3 Å². The Morgan fingerprint density at radius 1 is 1.32 bits per heavy atom. The molecule has 98 valence electrons. The highest BCUT2D eigenvalue weighted by Gasteiger charge is 2.53. The van der Waals surface area contributed by atoms with Crippen molar-refractivity contribution in [3.05, 3.63) is 42.4 Å². The van der Waals surface area contributed by atoms with Gasteiger partial charge in [0, 0.05) is 11.5 Å². The van der Waals surface area contributed by atoms with Crippen LogP contribution in [0.2, 0.25) is 0 Å². The van der Waals surface area contributed by atoms with Crippen LogP contribution in [-0.4, -0.2) is 20.8 Å². The van der Waals surface area contributed by atoms with Crippen molar-refractivity contribution in [3.63, 3.8) is 0 Å². The van der Waals surface area contributed by atoms with Crippen LogP contribution < -0.4 is 0 Å². The minimum atomic E-state index is -0.207. The lowest BCUT2D eigenvalue weighted by Gasteiger charge is -2.52. The van der Waals surface area contributed by atoms with Crippen molar-refractivity contribution in [2.75, 3.05) is 0 Å². The third-order valence-electron chi connectivity index (χ3n) is 4.91. The number of aliphatic hydroxyl groups is 1. The predicted molar refractivity (Wildman–Crippen MR) is 73.7 cm³/mol. The first kappa shape index (κ1) is 11.2. The van der Waals surface area contributed by atoms with Gasteiger partial charge in [0.25, 0.3) is 0 Å². The van der Waals surface area contributed by atoms with Gasteiger partial charge in [0.05, 0.1) is 30.4 Å². The van der Waals surface area contributed by atoms with Gasteiger partial charge in [0.15, 0.2) is 0 Å². The van der Waals surface area contributed by atoms with Gasteiger partial charge in [0.2, 0.25) is 0 Å². The van der Waals surface area contributed by atoms with Gasteiger partial charge in [-0.25, -0.2) is 4.98 Å². The molecular formula is C16H18N2O. The zero-order valence-electron chi connectivity index (χ0n) is 11.2. The second kappa shape index (κ2) is 3.48. The number of fused-ring (bicyclic) bond motifs is 3. The summed E-state index contributed by atoms with van der Waals surface area (Å²) >= 11 is 0. The number of hydrogen-bond acceptors (Lipinski definition) is 2. The molecule has 1 aromatic carbocycles. The summed E-state index contributed by atoms with van der Waals surface area (Å²) < 4.78 is 2.24. The van der Waals surface area contributed by atoms with E-state index in [0.29, 0.717) is 0 Å². The summed E-state index contributed by atoms with van der Waals surface area (Å²) in [6.07, 6.45) is 4.51. The van der Waals surface area contributed by atoms with Gasteiger partial charge in [0.1, 0.15) is 0 Å². The van der Waals surface area contributed by atoms with Crippen molar-refractivity contribution in [1.82, 2.24) is 9.55 Å². The standard InChI is InChI=1S/C16H18N2O/c1-16(2)7-13(19)14(16)15-11-6-4-3-5-10(11)12-8-17-9-18(12)15/h3-6,8-9,13-15,19H,7H2,1-2H3/t13-,14?,15+/m1/s1. The van der Waals surface area contributed by atoms with E-state index in [-0.39, 0.29) is 23.5 Å².